The van der Waals surface area contributed by atoms with Crippen molar-refractivity contribution in [1.29, 1.82) is 0 Å². The minimum absolute atomic E-state index is 0.229. The first-order valence-corrected chi connectivity index (χ1v) is 9.32. The lowest BCUT2D eigenvalue weighted by atomic mass is 9.95. The highest BCUT2D eigenvalue weighted by Gasteiger charge is 2.21. The third-order valence-electron chi connectivity index (χ3n) is 4.54. The summed E-state index contributed by atoms with van der Waals surface area (Å²) in [5.41, 5.74) is 2.01. The Bertz CT molecular complexity index is 915. The van der Waals surface area contributed by atoms with Gasteiger partial charge >= 0.3 is 0 Å². The number of nitrogens with one attached hydrogen (secondary N) is 2. The van der Waals surface area contributed by atoms with Gasteiger partial charge in [-0.05, 0) is 31.0 Å². The number of hydrogen-bond acceptors (Lipinski definition) is 4. The zero-order valence-corrected chi connectivity index (χ0v) is 15.4. The first-order valence-electron chi connectivity index (χ1n) is 8.28. The molecule has 1 aliphatic rings. The van der Waals surface area contributed by atoms with Gasteiger partial charge in [0, 0.05) is 29.4 Å². The summed E-state index contributed by atoms with van der Waals surface area (Å²) < 4.78 is 14.2. The molecule has 0 bridgehead atoms. The van der Waals surface area contributed by atoms with Crippen molar-refractivity contribution in [3.63, 3.8) is 0 Å². The average molecular weight is 378 g/mol. The van der Waals surface area contributed by atoms with E-state index in [-0.39, 0.29) is 11.9 Å². The van der Waals surface area contributed by atoms with Gasteiger partial charge in [0.25, 0.3) is 0 Å². The molecule has 3 heterocycles. The molecule has 0 spiro atoms. The summed E-state index contributed by atoms with van der Waals surface area (Å²) in [6.07, 6.45) is 8.91. The molecule has 130 valence electrons. The molecular formula is C17H18ClFN5P. The van der Waals surface area contributed by atoms with Crippen LogP contribution in [0.25, 0.3) is 22.4 Å². The Morgan fingerprint density at radius 1 is 1.28 bits per heavy atom. The maximum atomic E-state index is 14.2. The lowest BCUT2D eigenvalue weighted by molar-refractivity contribution is 0.469. The molecule has 0 aliphatic heterocycles. The standard InChI is InChI=1S/C17H18ClFN5P/c18-9-4-12-13(7-21-15(12)20-6-9)16-22-8-14(19)17(24-16)23-10-2-1-3-11(25)5-10/h4,6-8,10-11H,1-3,5,25H2,(H,20,21)(H,22,23,24)/t10-,11+/m1/s1. The predicted octanol–water partition coefficient (Wildman–Crippen LogP) is 4.41. The Morgan fingerprint density at radius 3 is 3.00 bits per heavy atom. The Morgan fingerprint density at radius 2 is 2.16 bits per heavy atom. The number of H-pyrrole nitrogens is 1. The van der Waals surface area contributed by atoms with Crippen molar-refractivity contribution in [2.75, 3.05) is 5.32 Å². The van der Waals surface area contributed by atoms with Crippen LogP contribution in [0.4, 0.5) is 10.2 Å². The van der Waals surface area contributed by atoms with Crippen LogP contribution < -0.4 is 5.32 Å². The zero-order valence-electron chi connectivity index (χ0n) is 13.5. The molecule has 0 radical (unpaired) electrons. The fourth-order valence-electron chi connectivity index (χ4n) is 3.31. The Kier molecular flexibility index (Phi) is 4.57. The van der Waals surface area contributed by atoms with Gasteiger partial charge in [-0.3, -0.25) is 0 Å². The van der Waals surface area contributed by atoms with Crippen molar-refractivity contribution in [3.8, 4) is 11.4 Å². The first-order chi connectivity index (χ1) is 12.1. The largest absolute Gasteiger partial charge is 0.365 e. The van der Waals surface area contributed by atoms with Crippen LogP contribution in [-0.4, -0.2) is 31.6 Å². The second-order valence-corrected chi connectivity index (χ2v) is 7.79. The predicted molar refractivity (Wildman–Crippen MR) is 101 cm³/mol. The van der Waals surface area contributed by atoms with E-state index in [0.29, 0.717) is 22.2 Å². The van der Waals surface area contributed by atoms with Gasteiger partial charge in [0.2, 0.25) is 0 Å². The van der Waals surface area contributed by atoms with Crippen LogP contribution in [0.5, 0.6) is 0 Å². The SMILES string of the molecule is Fc1cnc(-c2c[nH]c3ncc(Cl)cc23)nc1N[C@@H]1CCC[C@H](P)C1. The Balaban J connectivity index is 1.67. The van der Waals surface area contributed by atoms with Crippen LogP contribution in [0.1, 0.15) is 25.7 Å². The quantitative estimate of drug-likeness (QED) is 0.663. The van der Waals surface area contributed by atoms with Crippen molar-refractivity contribution in [2.45, 2.75) is 37.4 Å². The number of halogens is 2. The number of hydrogen-bond donors (Lipinski definition) is 2. The highest BCUT2D eigenvalue weighted by atomic mass is 35.5. The van der Waals surface area contributed by atoms with E-state index in [0.717, 1.165) is 30.2 Å². The smallest absolute Gasteiger partial charge is 0.183 e. The summed E-state index contributed by atoms with van der Waals surface area (Å²) in [6, 6.07) is 2.03. The molecule has 1 fully saturated rings. The molecule has 0 aromatic carbocycles. The summed E-state index contributed by atoms with van der Waals surface area (Å²) in [4.78, 5) is 15.9. The van der Waals surface area contributed by atoms with E-state index in [1.165, 1.54) is 12.6 Å². The van der Waals surface area contributed by atoms with E-state index >= 15 is 0 Å². The number of anilines is 1. The maximum absolute atomic E-state index is 14.2. The summed E-state index contributed by atoms with van der Waals surface area (Å²) >= 11 is 6.04. The highest BCUT2D eigenvalue weighted by Crippen LogP contribution is 2.30. The molecule has 3 atom stereocenters. The lowest BCUT2D eigenvalue weighted by Gasteiger charge is -2.27. The van der Waals surface area contributed by atoms with Gasteiger partial charge in [0.15, 0.2) is 17.5 Å². The number of pyridine rings is 1. The van der Waals surface area contributed by atoms with E-state index in [1.54, 1.807) is 18.5 Å². The van der Waals surface area contributed by atoms with E-state index in [9.17, 15) is 4.39 Å². The topological polar surface area (TPSA) is 66.5 Å². The summed E-state index contributed by atoms with van der Waals surface area (Å²) in [7, 11) is 2.86. The van der Waals surface area contributed by atoms with Crippen LogP contribution >= 0.6 is 20.8 Å². The minimum atomic E-state index is -0.439. The van der Waals surface area contributed by atoms with Crippen LogP contribution in [0.2, 0.25) is 5.02 Å². The third kappa shape index (κ3) is 3.46. The molecule has 4 rings (SSSR count). The van der Waals surface area contributed by atoms with Gasteiger partial charge < -0.3 is 10.3 Å². The fourth-order valence-corrected chi connectivity index (χ4v) is 4.04. The molecule has 3 aromatic rings. The van der Waals surface area contributed by atoms with Gasteiger partial charge in [0.05, 0.1) is 11.2 Å². The van der Waals surface area contributed by atoms with Gasteiger partial charge in [-0.1, -0.05) is 18.0 Å². The maximum Gasteiger partial charge on any atom is 0.183 e. The van der Waals surface area contributed by atoms with E-state index < -0.39 is 5.82 Å². The van der Waals surface area contributed by atoms with Gasteiger partial charge in [-0.2, -0.15) is 0 Å². The number of rotatable bonds is 3. The van der Waals surface area contributed by atoms with Gasteiger partial charge in [-0.15, -0.1) is 9.24 Å². The number of aromatic nitrogens is 4. The minimum Gasteiger partial charge on any atom is -0.365 e. The van der Waals surface area contributed by atoms with Crippen LogP contribution in [0.3, 0.4) is 0 Å². The molecule has 2 N–H and O–H groups in total. The molecular weight excluding hydrogens is 360 g/mol. The van der Waals surface area contributed by atoms with E-state index in [1.807, 2.05) is 0 Å². The van der Waals surface area contributed by atoms with Gasteiger partial charge in [0.1, 0.15) is 5.65 Å². The molecule has 25 heavy (non-hydrogen) atoms. The summed E-state index contributed by atoms with van der Waals surface area (Å²) in [5, 5.41) is 4.59. The van der Waals surface area contributed by atoms with Crippen LogP contribution in [-0.2, 0) is 0 Å². The highest BCUT2D eigenvalue weighted by molar-refractivity contribution is 7.17. The fraction of sp³-hybridized carbons (Fsp3) is 0.353. The molecule has 5 nitrogen and oxygen atoms in total. The summed E-state index contributed by atoms with van der Waals surface area (Å²) in [5.74, 6) is 0.251. The molecule has 1 saturated carbocycles. The van der Waals surface area contributed by atoms with Crippen molar-refractivity contribution >= 4 is 37.7 Å². The molecule has 8 heteroatoms. The van der Waals surface area contributed by atoms with Crippen molar-refractivity contribution in [2.24, 2.45) is 0 Å². The van der Waals surface area contributed by atoms with Crippen LogP contribution in [0, 0.1) is 5.82 Å². The van der Waals surface area contributed by atoms with Crippen molar-refractivity contribution in [1.82, 2.24) is 19.9 Å². The number of nitrogens with zero attached hydrogens (tertiary/aromatic N) is 3. The molecule has 3 aromatic heterocycles. The number of fused-ring (bicyclic) bond motifs is 1. The lowest BCUT2D eigenvalue weighted by Crippen LogP contribution is -2.28. The van der Waals surface area contributed by atoms with Gasteiger partial charge in [-0.25, -0.2) is 19.3 Å². The molecule has 1 unspecified atom stereocenters. The monoisotopic (exact) mass is 377 g/mol. The molecule has 0 amide bonds. The van der Waals surface area contributed by atoms with Crippen molar-refractivity contribution < 1.29 is 4.39 Å². The Labute approximate surface area is 152 Å². The second-order valence-electron chi connectivity index (χ2n) is 6.41. The summed E-state index contributed by atoms with van der Waals surface area (Å²) in [6.45, 7) is 0. The van der Waals surface area contributed by atoms with Crippen molar-refractivity contribution in [3.05, 3.63) is 35.5 Å². The second kappa shape index (κ2) is 6.85. The Hall–Kier alpha value is -1.78. The normalized spacial score (nSPS) is 20.8. The first kappa shape index (κ1) is 16.7. The molecule has 0 saturated heterocycles. The zero-order chi connectivity index (χ0) is 17.4. The van der Waals surface area contributed by atoms with E-state index in [2.05, 4.69) is 34.5 Å². The number of aromatic amines is 1. The van der Waals surface area contributed by atoms with E-state index in [4.69, 9.17) is 11.6 Å². The molecule has 1 aliphatic carbocycles. The van der Waals surface area contributed by atoms with Crippen LogP contribution in [0.15, 0.2) is 24.7 Å². The third-order valence-corrected chi connectivity index (χ3v) is 5.35. The average Bonchev–Trinajstić information content (AvgIpc) is 3.00.